The highest BCUT2D eigenvalue weighted by Crippen LogP contribution is 2.44. The van der Waals surface area contributed by atoms with E-state index in [1.807, 2.05) is 62.4 Å². The number of benzene rings is 4. The molecule has 0 aliphatic heterocycles. The van der Waals surface area contributed by atoms with Gasteiger partial charge in [-0.2, -0.15) is 0 Å². The van der Waals surface area contributed by atoms with Crippen LogP contribution in [0.4, 0.5) is 0 Å². The van der Waals surface area contributed by atoms with Crippen LogP contribution in [-0.4, -0.2) is 19.4 Å². The first kappa shape index (κ1) is 21.4. The predicted octanol–water partition coefficient (Wildman–Crippen LogP) is 5.56. The van der Waals surface area contributed by atoms with E-state index in [4.69, 9.17) is 0 Å². The molecule has 0 spiro atoms. The molecule has 0 saturated carbocycles. The lowest BCUT2D eigenvalue weighted by Gasteiger charge is -2.26. The number of phenolic OH excluding ortho intramolecular Hbond substituents is 2. The molecular formula is C27H25O2PSi. The number of aryl methyl sites for hydroxylation is 2. The normalized spacial score (nSPS) is 11.2. The average molecular weight is 441 g/mol. The van der Waals surface area contributed by atoms with Crippen LogP contribution in [0.15, 0.2) is 97.1 Å². The minimum atomic E-state index is -0.984. The number of para-hydroxylation sites is 2. The van der Waals surface area contributed by atoms with E-state index in [0.717, 1.165) is 21.7 Å². The van der Waals surface area contributed by atoms with Crippen molar-refractivity contribution in [2.24, 2.45) is 0 Å². The molecule has 0 fully saturated rings. The average Bonchev–Trinajstić information content (AvgIpc) is 2.80. The molecule has 4 aromatic carbocycles. The van der Waals surface area contributed by atoms with Crippen molar-refractivity contribution in [3.8, 4) is 11.5 Å². The second kappa shape index (κ2) is 9.51. The molecule has 0 aliphatic carbocycles. The van der Waals surface area contributed by atoms with Gasteiger partial charge in [-0.3, -0.25) is 0 Å². The van der Waals surface area contributed by atoms with E-state index in [1.165, 1.54) is 11.1 Å². The van der Waals surface area contributed by atoms with Crippen LogP contribution in [0.5, 0.6) is 11.5 Å². The fourth-order valence-electron chi connectivity index (χ4n) is 3.68. The van der Waals surface area contributed by atoms with E-state index in [0.29, 0.717) is 20.7 Å². The molecule has 2 nitrogen and oxygen atoms in total. The Kier molecular flexibility index (Phi) is 6.55. The molecule has 0 heterocycles. The van der Waals surface area contributed by atoms with Crippen molar-refractivity contribution in [2.75, 3.05) is 0 Å². The molecule has 154 valence electrons. The fourth-order valence-corrected chi connectivity index (χ4v) is 9.99. The highest BCUT2D eigenvalue weighted by molar-refractivity contribution is 7.97. The Balaban J connectivity index is 1.88. The molecule has 0 aromatic heterocycles. The largest absolute Gasteiger partial charge is 0.507 e. The van der Waals surface area contributed by atoms with Gasteiger partial charge in [-0.15, -0.1) is 0 Å². The molecule has 4 rings (SSSR count). The summed E-state index contributed by atoms with van der Waals surface area (Å²) < 4.78 is 0. The lowest BCUT2D eigenvalue weighted by molar-refractivity contribution is 0.475. The van der Waals surface area contributed by atoms with Crippen LogP contribution < -0.4 is 10.6 Å². The van der Waals surface area contributed by atoms with Crippen molar-refractivity contribution >= 4 is 27.3 Å². The van der Waals surface area contributed by atoms with Gasteiger partial charge in [0.15, 0.2) is 0 Å². The lowest BCUT2D eigenvalue weighted by atomic mass is 10.0. The highest BCUT2D eigenvalue weighted by Gasteiger charge is 2.28. The fraction of sp³-hybridized carbons (Fsp3) is 0.111. The maximum atomic E-state index is 11.0. The van der Waals surface area contributed by atoms with Crippen molar-refractivity contribution < 1.29 is 10.2 Å². The van der Waals surface area contributed by atoms with Crippen LogP contribution in [0, 0.1) is 13.8 Å². The maximum absolute atomic E-state index is 11.0. The second-order valence-electron chi connectivity index (χ2n) is 7.60. The molecular weight excluding hydrogens is 415 g/mol. The zero-order valence-electron chi connectivity index (χ0n) is 17.7. The SMILES string of the molecule is Cc1cccc(P([Si]C(c2ccccc2)c2ccccc2)c2cccc(C)c2O)c1O. The van der Waals surface area contributed by atoms with Crippen LogP contribution in [-0.2, 0) is 0 Å². The van der Waals surface area contributed by atoms with Crippen molar-refractivity contribution in [3.05, 3.63) is 119 Å². The molecule has 4 aromatic rings. The van der Waals surface area contributed by atoms with Crippen molar-refractivity contribution in [3.63, 3.8) is 0 Å². The third-order valence-corrected chi connectivity index (χ3v) is 11.3. The van der Waals surface area contributed by atoms with Crippen molar-refractivity contribution in [1.29, 1.82) is 0 Å². The molecule has 0 aliphatic rings. The smallest absolute Gasteiger partial charge is 0.126 e. The van der Waals surface area contributed by atoms with Gasteiger partial charge in [-0.1, -0.05) is 105 Å². The molecule has 0 unspecified atom stereocenters. The summed E-state index contributed by atoms with van der Waals surface area (Å²) in [5.41, 5.74) is 4.39. The van der Waals surface area contributed by atoms with Crippen molar-refractivity contribution in [2.45, 2.75) is 19.4 Å². The first-order chi connectivity index (χ1) is 15.1. The minimum Gasteiger partial charge on any atom is -0.507 e. The Morgan fingerprint density at radius 1 is 0.581 bits per heavy atom. The van der Waals surface area contributed by atoms with Crippen LogP contribution in [0.2, 0.25) is 0 Å². The van der Waals surface area contributed by atoms with Gasteiger partial charge < -0.3 is 10.2 Å². The van der Waals surface area contributed by atoms with Crippen molar-refractivity contribution in [1.82, 2.24) is 0 Å². The summed E-state index contributed by atoms with van der Waals surface area (Å²) in [5.74, 6) is 0.670. The Morgan fingerprint density at radius 3 is 1.42 bits per heavy atom. The summed E-state index contributed by atoms with van der Waals surface area (Å²) in [5, 5.41) is 23.8. The third kappa shape index (κ3) is 4.58. The summed E-state index contributed by atoms with van der Waals surface area (Å²) in [7, 11) is -0.529. The van der Waals surface area contributed by atoms with Gasteiger partial charge >= 0.3 is 0 Å². The van der Waals surface area contributed by atoms with Gasteiger partial charge in [0.25, 0.3) is 0 Å². The molecule has 0 saturated heterocycles. The topological polar surface area (TPSA) is 40.5 Å². The Hall–Kier alpha value is -2.87. The standard InChI is InChI=1S/C27H25O2PSi/c1-19-11-9-17-23(25(19)28)30(24-18-10-12-20(2)26(24)29)31-27(21-13-5-3-6-14-21)22-15-7-4-8-16-22/h3-18,27-29H,1-2H3. The van der Waals surface area contributed by atoms with Gasteiger partial charge in [0, 0.05) is 16.2 Å². The molecule has 0 amide bonds. The monoisotopic (exact) mass is 440 g/mol. The third-order valence-electron chi connectivity index (χ3n) is 5.44. The first-order valence-corrected chi connectivity index (χ1v) is 13.6. The highest BCUT2D eigenvalue weighted by atomic mass is 31.4. The summed E-state index contributed by atoms with van der Waals surface area (Å²) in [4.78, 5) is 0. The Bertz CT molecular complexity index is 1070. The summed E-state index contributed by atoms with van der Waals surface area (Å²) in [6.07, 6.45) is 0. The quantitative estimate of drug-likeness (QED) is 0.305. The van der Waals surface area contributed by atoms with E-state index in [9.17, 15) is 10.2 Å². The lowest BCUT2D eigenvalue weighted by Crippen LogP contribution is -2.22. The van der Waals surface area contributed by atoms with Crippen LogP contribution in [0.3, 0.4) is 0 Å². The van der Waals surface area contributed by atoms with Gasteiger partial charge in [-0.25, -0.2) is 0 Å². The zero-order chi connectivity index (χ0) is 21.8. The predicted molar refractivity (Wildman–Crippen MR) is 132 cm³/mol. The van der Waals surface area contributed by atoms with E-state index in [1.54, 1.807) is 0 Å². The minimum absolute atomic E-state index is 0.174. The molecule has 4 heteroatoms. The molecule has 2 N–H and O–H groups in total. The van der Waals surface area contributed by atoms with Gasteiger partial charge in [0.05, 0.1) is 0 Å². The Morgan fingerprint density at radius 2 is 1.00 bits per heavy atom. The van der Waals surface area contributed by atoms with Crippen LogP contribution in [0.25, 0.3) is 0 Å². The van der Waals surface area contributed by atoms with Crippen LogP contribution >= 0.6 is 7.47 Å². The molecule has 2 radical (unpaired) electrons. The number of rotatable bonds is 6. The number of hydrogen-bond donors (Lipinski definition) is 2. The second-order valence-corrected chi connectivity index (χ2v) is 12.2. The van der Waals surface area contributed by atoms with Crippen LogP contribution in [0.1, 0.15) is 27.8 Å². The first-order valence-electron chi connectivity index (χ1n) is 10.3. The van der Waals surface area contributed by atoms with Gasteiger partial charge in [0.1, 0.15) is 20.7 Å². The van der Waals surface area contributed by atoms with Gasteiger partial charge in [0.2, 0.25) is 0 Å². The summed E-state index contributed by atoms with van der Waals surface area (Å²) in [6.45, 7) is 3.86. The molecule has 0 bridgehead atoms. The van der Waals surface area contributed by atoms with Gasteiger partial charge in [-0.05, 0) is 36.1 Å². The number of phenols is 2. The Labute approximate surface area is 187 Å². The summed E-state index contributed by atoms with van der Waals surface area (Å²) in [6, 6.07) is 32.9. The molecule has 31 heavy (non-hydrogen) atoms. The summed E-state index contributed by atoms with van der Waals surface area (Å²) >= 11 is 0. The van der Waals surface area contributed by atoms with E-state index < -0.39 is 7.47 Å². The van der Waals surface area contributed by atoms with E-state index in [-0.39, 0.29) is 5.54 Å². The maximum Gasteiger partial charge on any atom is 0.126 e. The zero-order valence-corrected chi connectivity index (χ0v) is 19.6. The number of hydrogen-bond acceptors (Lipinski definition) is 2. The van der Waals surface area contributed by atoms with E-state index in [2.05, 4.69) is 48.5 Å². The molecule has 0 atom stereocenters. The van der Waals surface area contributed by atoms with E-state index >= 15 is 0 Å². The number of aromatic hydroxyl groups is 2.